The molecule has 4 heterocycles. The van der Waals surface area contributed by atoms with Gasteiger partial charge in [0.2, 0.25) is 5.91 Å². The Kier molecular flexibility index (Phi) is 4.29. The Bertz CT molecular complexity index is 678. The molecule has 3 saturated heterocycles. The number of nitrogens with one attached hydrogen (secondary N) is 2. The molecule has 4 rings (SSSR count). The van der Waals surface area contributed by atoms with E-state index >= 15 is 0 Å². The molecule has 0 aliphatic carbocycles. The molecule has 0 saturated carbocycles. The van der Waals surface area contributed by atoms with Gasteiger partial charge < -0.3 is 15.1 Å². The van der Waals surface area contributed by atoms with Gasteiger partial charge in [0.05, 0.1) is 5.41 Å². The number of rotatable bonds is 3. The summed E-state index contributed by atoms with van der Waals surface area (Å²) >= 11 is 0. The van der Waals surface area contributed by atoms with Crippen LogP contribution in [-0.2, 0) is 4.79 Å². The van der Waals surface area contributed by atoms with Crippen LogP contribution in [0.2, 0.25) is 0 Å². The molecule has 3 fully saturated rings. The normalized spacial score (nSPS) is 28.4. The molecule has 1 aromatic heterocycles. The molecule has 3 aliphatic heterocycles. The molecule has 0 bridgehead atoms. The predicted molar refractivity (Wildman–Crippen MR) is 97.5 cm³/mol. The monoisotopic (exact) mass is 359 g/mol. The van der Waals surface area contributed by atoms with E-state index in [0.717, 1.165) is 45.4 Å². The molecule has 1 aromatic rings. The van der Waals surface area contributed by atoms with Gasteiger partial charge >= 0.3 is 0 Å². The van der Waals surface area contributed by atoms with E-state index in [0.29, 0.717) is 24.7 Å². The number of hydrogen-bond acceptors (Lipinski definition) is 4. The Labute approximate surface area is 154 Å². The molecule has 26 heavy (non-hydrogen) atoms. The Hall–Kier alpha value is -1.89. The highest BCUT2D eigenvalue weighted by atomic mass is 16.2. The van der Waals surface area contributed by atoms with Gasteiger partial charge in [-0.05, 0) is 31.2 Å². The largest absolute Gasteiger partial charge is 0.356 e. The third-order valence-electron chi connectivity index (χ3n) is 6.67. The third kappa shape index (κ3) is 2.64. The summed E-state index contributed by atoms with van der Waals surface area (Å²) in [6.07, 6.45) is 4.33. The number of nitrogens with zero attached hydrogens (tertiary/aromatic N) is 3. The standard InChI is InChI=1S/C19H29N5O2/c1-14(2)11-23-12-18(19(13-23)4-8-20-17(19)26)5-9-24(10-6-18)16(25)15-3-7-21-22-15/h3,7,14H,4-6,8-13H2,1-2H3,(H,20,26)(H,21,22). The fraction of sp³-hybridized carbons (Fsp3) is 0.737. The summed E-state index contributed by atoms with van der Waals surface area (Å²) in [7, 11) is 0. The first-order valence-corrected chi connectivity index (χ1v) is 9.75. The van der Waals surface area contributed by atoms with E-state index in [1.807, 2.05) is 4.90 Å². The van der Waals surface area contributed by atoms with Crippen LogP contribution in [-0.4, -0.2) is 71.1 Å². The molecule has 2 spiro atoms. The van der Waals surface area contributed by atoms with Gasteiger partial charge in [-0.15, -0.1) is 0 Å². The number of piperidine rings is 1. The lowest BCUT2D eigenvalue weighted by Gasteiger charge is -2.46. The molecule has 1 atom stereocenters. The molecule has 1 unspecified atom stereocenters. The summed E-state index contributed by atoms with van der Waals surface area (Å²) in [5.41, 5.74) is 0.264. The summed E-state index contributed by atoms with van der Waals surface area (Å²) in [4.78, 5) is 29.9. The summed E-state index contributed by atoms with van der Waals surface area (Å²) in [6, 6.07) is 1.72. The van der Waals surface area contributed by atoms with Crippen LogP contribution in [0.3, 0.4) is 0 Å². The molecular weight excluding hydrogens is 330 g/mol. The van der Waals surface area contributed by atoms with E-state index in [4.69, 9.17) is 0 Å². The topological polar surface area (TPSA) is 81.3 Å². The maximum absolute atomic E-state index is 12.9. The first-order valence-electron chi connectivity index (χ1n) is 9.75. The maximum Gasteiger partial charge on any atom is 0.271 e. The lowest BCUT2D eigenvalue weighted by Crippen LogP contribution is -2.53. The predicted octanol–water partition coefficient (Wildman–Crippen LogP) is 1.11. The molecule has 7 heteroatoms. The second-order valence-electron chi connectivity index (χ2n) is 8.69. The van der Waals surface area contributed by atoms with E-state index in [9.17, 15) is 9.59 Å². The summed E-state index contributed by atoms with van der Waals surface area (Å²) in [5.74, 6) is 0.838. The van der Waals surface area contributed by atoms with Crippen LogP contribution in [0, 0.1) is 16.7 Å². The second-order valence-corrected chi connectivity index (χ2v) is 8.69. The van der Waals surface area contributed by atoms with Gasteiger partial charge in [0.25, 0.3) is 5.91 Å². The van der Waals surface area contributed by atoms with E-state index in [2.05, 4.69) is 34.3 Å². The van der Waals surface area contributed by atoms with Crippen molar-refractivity contribution in [1.29, 1.82) is 0 Å². The minimum absolute atomic E-state index is 0.00671. The van der Waals surface area contributed by atoms with E-state index < -0.39 is 0 Å². The van der Waals surface area contributed by atoms with E-state index in [1.54, 1.807) is 12.3 Å². The Morgan fingerprint density at radius 2 is 2.04 bits per heavy atom. The van der Waals surface area contributed by atoms with Crippen molar-refractivity contribution in [3.63, 3.8) is 0 Å². The minimum Gasteiger partial charge on any atom is -0.356 e. The average molecular weight is 359 g/mol. The summed E-state index contributed by atoms with van der Waals surface area (Å²) < 4.78 is 0. The summed E-state index contributed by atoms with van der Waals surface area (Å²) in [5, 5.41) is 9.74. The van der Waals surface area contributed by atoms with Gasteiger partial charge in [-0.1, -0.05) is 13.8 Å². The number of amides is 2. The van der Waals surface area contributed by atoms with Gasteiger partial charge in [-0.25, -0.2) is 0 Å². The average Bonchev–Trinajstić information content (AvgIpc) is 3.31. The fourth-order valence-electron chi connectivity index (χ4n) is 5.48. The number of carbonyl (C=O) groups is 2. The number of carbonyl (C=O) groups excluding carboxylic acids is 2. The second kappa shape index (κ2) is 6.37. The zero-order valence-corrected chi connectivity index (χ0v) is 15.8. The van der Waals surface area contributed by atoms with Crippen LogP contribution in [0.1, 0.15) is 43.6 Å². The summed E-state index contributed by atoms with van der Waals surface area (Å²) in [6.45, 7) is 9.55. The van der Waals surface area contributed by atoms with Crippen molar-refractivity contribution in [1.82, 2.24) is 25.3 Å². The van der Waals surface area contributed by atoms with Crippen molar-refractivity contribution in [2.24, 2.45) is 16.7 Å². The van der Waals surface area contributed by atoms with Gasteiger partial charge in [0.15, 0.2) is 0 Å². The molecule has 142 valence electrons. The number of H-pyrrole nitrogens is 1. The highest BCUT2D eigenvalue weighted by Crippen LogP contribution is 2.56. The highest BCUT2D eigenvalue weighted by molar-refractivity contribution is 5.92. The molecule has 0 radical (unpaired) electrons. The lowest BCUT2D eigenvalue weighted by molar-refractivity contribution is -0.133. The Morgan fingerprint density at radius 3 is 2.62 bits per heavy atom. The van der Waals surface area contributed by atoms with Crippen LogP contribution in [0.25, 0.3) is 0 Å². The van der Waals surface area contributed by atoms with Crippen molar-refractivity contribution in [3.05, 3.63) is 18.0 Å². The van der Waals surface area contributed by atoms with Gasteiger partial charge in [-0.2, -0.15) is 5.10 Å². The van der Waals surface area contributed by atoms with Gasteiger partial charge in [0, 0.05) is 50.9 Å². The number of aromatic amines is 1. The number of likely N-dealkylation sites (tertiary alicyclic amines) is 2. The van der Waals surface area contributed by atoms with Crippen molar-refractivity contribution in [3.8, 4) is 0 Å². The first-order chi connectivity index (χ1) is 12.5. The molecule has 7 nitrogen and oxygen atoms in total. The third-order valence-corrected chi connectivity index (χ3v) is 6.67. The van der Waals surface area contributed by atoms with Crippen molar-refractivity contribution in [2.45, 2.75) is 33.1 Å². The van der Waals surface area contributed by atoms with Crippen LogP contribution < -0.4 is 5.32 Å². The SMILES string of the molecule is CC(C)CN1CC2(CCN(C(=O)c3ccn[nH]3)CC2)C2(CCNC2=O)C1. The fourth-order valence-corrected chi connectivity index (χ4v) is 5.48. The Morgan fingerprint density at radius 1 is 1.27 bits per heavy atom. The Balaban J connectivity index is 1.53. The van der Waals surface area contributed by atoms with Crippen molar-refractivity contribution in [2.75, 3.05) is 39.3 Å². The van der Waals surface area contributed by atoms with E-state index in [-0.39, 0.29) is 22.6 Å². The number of fused-ring (bicyclic) bond motifs is 1. The zero-order valence-electron chi connectivity index (χ0n) is 15.8. The van der Waals surface area contributed by atoms with Crippen molar-refractivity contribution >= 4 is 11.8 Å². The van der Waals surface area contributed by atoms with Crippen LogP contribution in [0.5, 0.6) is 0 Å². The minimum atomic E-state index is -0.273. The van der Waals surface area contributed by atoms with Crippen LogP contribution >= 0.6 is 0 Å². The molecular formula is C19H29N5O2. The molecule has 0 aromatic carbocycles. The van der Waals surface area contributed by atoms with E-state index in [1.165, 1.54) is 0 Å². The maximum atomic E-state index is 12.9. The highest BCUT2D eigenvalue weighted by Gasteiger charge is 2.63. The molecule has 2 N–H and O–H groups in total. The first kappa shape index (κ1) is 17.5. The smallest absolute Gasteiger partial charge is 0.271 e. The number of aromatic nitrogens is 2. The van der Waals surface area contributed by atoms with Gasteiger partial charge in [-0.3, -0.25) is 14.7 Å². The van der Waals surface area contributed by atoms with Gasteiger partial charge in [0.1, 0.15) is 5.69 Å². The van der Waals surface area contributed by atoms with Crippen LogP contribution in [0.4, 0.5) is 0 Å². The molecule has 2 amide bonds. The van der Waals surface area contributed by atoms with Crippen LogP contribution in [0.15, 0.2) is 12.3 Å². The zero-order chi connectivity index (χ0) is 18.4. The lowest BCUT2D eigenvalue weighted by atomic mass is 9.60. The quantitative estimate of drug-likeness (QED) is 0.847. The number of hydrogen-bond donors (Lipinski definition) is 2. The molecule has 3 aliphatic rings. The van der Waals surface area contributed by atoms with Crippen molar-refractivity contribution < 1.29 is 9.59 Å².